The van der Waals surface area contributed by atoms with Crippen LogP contribution in [-0.2, 0) is 0 Å². The maximum Gasteiger partial charge on any atom is 0.138 e. The lowest BCUT2D eigenvalue weighted by molar-refractivity contribution is 1.33. The number of aryl methyl sites for hydroxylation is 1. The standard InChI is InChI=1S/C14H10ClIN2/c1-8-5-11(15)13-12(6-8)17-14(18-13)9-3-2-4-10(16)7-9/h2-7H,1H3,(H,17,18). The van der Waals surface area contributed by atoms with Gasteiger partial charge < -0.3 is 4.98 Å². The van der Waals surface area contributed by atoms with Crippen molar-refractivity contribution in [1.29, 1.82) is 0 Å². The van der Waals surface area contributed by atoms with Crippen molar-refractivity contribution in [3.05, 3.63) is 50.6 Å². The Morgan fingerprint density at radius 2 is 2.06 bits per heavy atom. The number of fused-ring (bicyclic) bond motifs is 1. The minimum absolute atomic E-state index is 0.693. The van der Waals surface area contributed by atoms with E-state index < -0.39 is 0 Å². The van der Waals surface area contributed by atoms with Crippen molar-refractivity contribution in [1.82, 2.24) is 9.97 Å². The maximum atomic E-state index is 6.21. The summed E-state index contributed by atoms with van der Waals surface area (Å²) in [5.74, 6) is 0.857. The van der Waals surface area contributed by atoms with Gasteiger partial charge in [-0.05, 0) is 59.3 Å². The van der Waals surface area contributed by atoms with Crippen LogP contribution in [0.15, 0.2) is 36.4 Å². The fourth-order valence-electron chi connectivity index (χ4n) is 1.98. The summed E-state index contributed by atoms with van der Waals surface area (Å²) >= 11 is 8.51. The summed E-state index contributed by atoms with van der Waals surface area (Å²) in [7, 11) is 0. The summed E-state index contributed by atoms with van der Waals surface area (Å²) in [4.78, 5) is 7.90. The van der Waals surface area contributed by atoms with Gasteiger partial charge in [-0.3, -0.25) is 0 Å². The number of aromatic amines is 1. The van der Waals surface area contributed by atoms with Crippen LogP contribution < -0.4 is 0 Å². The SMILES string of the molecule is Cc1cc(Cl)c2nc(-c3cccc(I)c3)[nH]c2c1. The Morgan fingerprint density at radius 3 is 2.83 bits per heavy atom. The van der Waals surface area contributed by atoms with E-state index in [0.717, 1.165) is 28.0 Å². The van der Waals surface area contributed by atoms with Crippen molar-refractivity contribution < 1.29 is 0 Å². The Hall–Kier alpha value is -1.07. The molecule has 0 radical (unpaired) electrons. The third kappa shape index (κ3) is 2.12. The van der Waals surface area contributed by atoms with E-state index >= 15 is 0 Å². The van der Waals surface area contributed by atoms with E-state index in [0.29, 0.717) is 5.02 Å². The number of rotatable bonds is 1. The molecule has 2 aromatic carbocycles. The van der Waals surface area contributed by atoms with Gasteiger partial charge >= 0.3 is 0 Å². The molecule has 0 aliphatic carbocycles. The van der Waals surface area contributed by atoms with E-state index in [1.54, 1.807) is 0 Å². The van der Waals surface area contributed by atoms with Crippen LogP contribution in [0.5, 0.6) is 0 Å². The molecule has 0 spiro atoms. The van der Waals surface area contributed by atoms with E-state index in [1.807, 2.05) is 25.1 Å². The summed E-state index contributed by atoms with van der Waals surface area (Å²) in [6.45, 7) is 2.03. The van der Waals surface area contributed by atoms with Crippen molar-refractivity contribution >= 4 is 45.2 Å². The molecule has 0 atom stereocenters. The summed E-state index contributed by atoms with van der Waals surface area (Å²) in [6, 6.07) is 12.2. The van der Waals surface area contributed by atoms with Gasteiger partial charge in [0.05, 0.1) is 10.5 Å². The smallest absolute Gasteiger partial charge is 0.138 e. The zero-order valence-corrected chi connectivity index (χ0v) is 12.6. The fourth-order valence-corrected chi connectivity index (χ4v) is 2.84. The number of aromatic nitrogens is 2. The zero-order chi connectivity index (χ0) is 12.7. The van der Waals surface area contributed by atoms with E-state index in [1.165, 1.54) is 3.57 Å². The van der Waals surface area contributed by atoms with Gasteiger partial charge in [-0.1, -0.05) is 23.7 Å². The van der Waals surface area contributed by atoms with Crippen molar-refractivity contribution in [2.75, 3.05) is 0 Å². The third-order valence-electron chi connectivity index (χ3n) is 2.78. The molecule has 3 aromatic rings. The van der Waals surface area contributed by atoms with Gasteiger partial charge in [-0.25, -0.2) is 4.98 Å². The molecule has 0 fully saturated rings. The monoisotopic (exact) mass is 368 g/mol. The molecule has 1 aromatic heterocycles. The number of nitrogens with zero attached hydrogens (tertiary/aromatic N) is 1. The lowest BCUT2D eigenvalue weighted by atomic mass is 10.2. The van der Waals surface area contributed by atoms with Crippen LogP contribution in [0, 0.1) is 10.5 Å². The van der Waals surface area contributed by atoms with Gasteiger partial charge in [0.1, 0.15) is 11.3 Å². The molecule has 0 saturated heterocycles. The zero-order valence-electron chi connectivity index (χ0n) is 9.67. The van der Waals surface area contributed by atoms with Gasteiger partial charge in [0, 0.05) is 9.13 Å². The summed E-state index contributed by atoms with van der Waals surface area (Å²) in [5, 5.41) is 0.693. The Labute approximate surface area is 124 Å². The highest BCUT2D eigenvalue weighted by Gasteiger charge is 2.08. The fraction of sp³-hybridized carbons (Fsp3) is 0.0714. The highest BCUT2D eigenvalue weighted by molar-refractivity contribution is 14.1. The number of imidazole rings is 1. The molecule has 4 heteroatoms. The molecule has 2 nitrogen and oxygen atoms in total. The quantitative estimate of drug-likeness (QED) is 0.614. The van der Waals surface area contributed by atoms with E-state index in [2.05, 4.69) is 50.8 Å². The second-order valence-electron chi connectivity index (χ2n) is 4.24. The largest absolute Gasteiger partial charge is 0.338 e. The van der Waals surface area contributed by atoms with Gasteiger partial charge in [-0.15, -0.1) is 0 Å². The highest BCUT2D eigenvalue weighted by atomic mass is 127. The van der Waals surface area contributed by atoms with Crippen molar-refractivity contribution in [2.45, 2.75) is 6.92 Å². The van der Waals surface area contributed by atoms with Crippen LogP contribution in [0.25, 0.3) is 22.4 Å². The lowest BCUT2D eigenvalue weighted by Crippen LogP contribution is -1.80. The molecule has 18 heavy (non-hydrogen) atoms. The van der Waals surface area contributed by atoms with Gasteiger partial charge in [-0.2, -0.15) is 0 Å². The van der Waals surface area contributed by atoms with Crippen LogP contribution in [0.2, 0.25) is 5.02 Å². The average molecular weight is 369 g/mol. The molecule has 90 valence electrons. The molecular weight excluding hydrogens is 359 g/mol. The first-order valence-corrected chi connectivity index (χ1v) is 7.01. The number of H-pyrrole nitrogens is 1. The second kappa shape index (κ2) is 4.55. The molecule has 0 bridgehead atoms. The molecular formula is C14H10ClIN2. The summed E-state index contributed by atoms with van der Waals surface area (Å²) in [5.41, 5.74) is 4.02. The minimum Gasteiger partial charge on any atom is -0.338 e. The molecule has 0 aliphatic heterocycles. The van der Waals surface area contributed by atoms with Crippen molar-refractivity contribution in [3.8, 4) is 11.4 Å². The predicted molar refractivity (Wildman–Crippen MR) is 84.0 cm³/mol. The van der Waals surface area contributed by atoms with Crippen molar-refractivity contribution in [3.63, 3.8) is 0 Å². The first-order chi connectivity index (χ1) is 8.63. The highest BCUT2D eigenvalue weighted by Crippen LogP contribution is 2.27. The number of hydrogen-bond acceptors (Lipinski definition) is 1. The van der Waals surface area contributed by atoms with Gasteiger partial charge in [0.2, 0.25) is 0 Å². The van der Waals surface area contributed by atoms with Crippen LogP contribution in [0.4, 0.5) is 0 Å². The Balaban J connectivity index is 2.22. The first-order valence-electron chi connectivity index (χ1n) is 5.55. The van der Waals surface area contributed by atoms with Gasteiger partial charge in [0.25, 0.3) is 0 Å². The van der Waals surface area contributed by atoms with E-state index in [-0.39, 0.29) is 0 Å². The third-order valence-corrected chi connectivity index (χ3v) is 3.74. The molecule has 1 N–H and O–H groups in total. The van der Waals surface area contributed by atoms with E-state index in [4.69, 9.17) is 11.6 Å². The maximum absolute atomic E-state index is 6.21. The Kier molecular flexibility index (Phi) is 3.03. The molecule has 0 unspecified atom stereocenters. The topological polar surface area (TPSA) is 28.7 Å². The summed E-state index contributed by atoms with van der Waals surface area (Å²) in [6.07, 6.45) is 0. The first kappa shape index (κ1) is 12.0. The number of halogens is 2. The Morgan fingerprint density at radius 1 is 1.22 bits per heavy atom. The minimum atomic E-state index is 0.693. The lowest BCUT2D eigenvalue weighted by Gasteiger charge is -1.96. The molecule has 0 saturated carbocycles. The Bertz CT molecular complexity index is 734. The molecule has 0 amide bonds. The molecule has 1 heterocycles. The predicted octanol–water partition coefficient (Wildman–Crippen LogP) is 4.80. The van der Waals surface area contributed by atoms with E-state index in [9.17, 15) is 0 Å². The van der Waals surface area contributed by atoms with Crippen LogP contribution in [-0.4, -0.2) is 9.97 Å². The normalized spacial score (nSPS) is 11.1. The van der Waals surface area contributed by atoms with Crippen LogP contribution in [0.3, 0.4) is 0 Å². The summed E-state index contributed by atoms with van der Waals surface area (Å²) < 4.78 is 1.19. The van der Waals surface area contributed by atoms with Crippen molar-refractivity contribution in [2.24, 2.45) is 0 Å². The second-order valence-corrected chi connectivity index (χ2v) is 5.89. The molecule has 3 rings (SSSR count). The van der Waals surface area contributed by atoms with Crippen LogP contribution >= 0.6 is 34.2 Å². The van der Waals surface area contributed by atoms with Crippen LogP contribution in [0.1, 0.15) is 5.56 Å². The number of hydrogen-bond donors (Lipinski definition) is 1. The molecule has 0 aliphatic rings. The van der Waals surface area contributed by atoms with Gasteiger partial charge in [0.15, 0.2) is 0 Å². The average Bonchev–Trinajstić information content (AvgIpc) is 2.73. The number of benzene rings is 2. The number of nitrogens with one attached hydrogen (secondary N) is 1.